The third-order valence-corrected chi connectivity index (χ3v) is 3.65. The van der Waals surface area contributed by atoms with Gasteiger partial charge in [0.15, 0.2) is 0 Å². The van der Waals surface area contributed by atoms with Crippen molar-refractivity contribution in [3.8, 4) is 0 Å². The summed E-state index contributed by atoms with van der Waals surface area (Å²) in [5.74, 6) is 0.789. The second-order valence-electron chi connectivity index (χ2n) is 6.59. The van der Waals surface area contributed by atoms with Crippen LogP contribution in [0.2, 0.25) is 0 Å². The van der Waals surface area contributed by atoms with Crippen LogP contribution in [0.4, 0.5) is 0 Å². The molecule has 3 N–H and O–H groups in total. The summed E-state index contributed by atoms with van der Waals surface area (Å²) in [5, 5.41) is 9.01. The Morgan fingerprint density at radius 2 is 1.70 bits per heavy atom. The van der Waals surface area contributed by atoms with E-state index in [1.54, 1.807) is 0 Å². The smallest absolute Gasteiger partial charge is 0.225 e. The number of hydrogen-bond acceptors (Lipinski definition) is 3. The summed E-state index contributed by atoms with van der Waals surface area (Å²) in [5.41, 5.74) is -0.376. The van der Waals surface area contributed by atoms with Crippen molar-refractivity contribution in [2.24, 2.45) is 11.3 Å². The van der Waals surface area contributed by atoms with Crippen LogP contribution in [-0.4, -0.2) is 38.0 Å². The molecule has 0 radical (unpaired) electrons. The molecule has 0 aliphatic carbocycles. The van der Waals surface area contributed by atoms with Crippen molar-refractivity contribution in [3.63, 3.8) is 0 Å². The molecule has 116 valence electrons. The van der Waals surface area contributed by atoms with Gasteiger partial charge in [0.2, 0.25) is 11.8 Å². The average molecular weight is 283 g/mol. The van der Waals surface area contributed by atoms with Gasteiger partial charge in [-0.1, -0.05) is 20.8 Å². The molecule has 1 heterocycles. The predicted molar refractivity (Wildman–Crippen MR) is 80.3 cm³/mol. The van der Waals surface area contributed by atoms with Gasteiger partial charge in [-0.3, -0.25) is 9.59 Å². The molecule has 5 heteroatoms. The van der Waals surface area contributed by atoms with Gasteiger partial charge in [-0.2, -0.15) is 0 Å². The molecule has 5 nitrogen and oxygen atoms in total. The fourth-order valence-corrected chi connectivity index (χ4v) is 2.24. The van der Waals surface area contributed by atoms with Crippen molar-refractivity contribution >= 4 is 11.8 Å². The summed E-state index contributed by atoms with van der Waals surface area (Å²) < 4.78 is 0. The zero-order chi connectivity index (χ0) is 15.0. The number of carbonyl (C=O) groups excluding carboxylic acids is 2. The number of hydrogen-bond donors (Lipinski definition) is 3. The van der Waals surface area contributed by atoms with E-state index in [0.29, 0.717) is 25.4 Å². The Balaban J connectivity index is 2.04. The molecule has 20 heavy (non-hydrogen) atoms. The molecule has 0 unspecified atom stereocenters. The second-order valence-corrected chi connectivity index (χ2v) is 6.59. The lowest BCUT2D eigenvalue weighted by molar-refractivity contribution is -0.128. The number of carbonyl (C=O) groups is 2. The van der Waals surface area contributed by atoms with E-state index in [4.69, 9.17) is 0 Å². The van der Waals surface area contributed by atoms with Gasteiger partial charge in [0.25, 0.3) is 0 Å². The van der Waals surface area contributed by atoms with Crippen molar-refractivity contribution in [1.29, 1.82) is 0 Å². The largest absolute Gasteiger partial charge is 0.354 e. The molecule has 0 atom stereocenters. The van der Waals surface area contributed by atoms with Gasteiger partial charge < -0.3 is 16.0 Å². The van der Waals surface area contributed by atoms with Crippen molar-refractivity contribution in [1.82, 2.24) is 16.0 Å². The number of piperidine rings is 1. The van der Waals surface area contributed by atoms with Crippen LogP contribution in [0.15, 0.2) is 0 Å². The average Bonchev–Trinajstić information content (AvgIpc) is 2.41. The topological polar surface area (TPSA) is 70.2 Å². The molecule has 0 aromatic heterocycles. The highest BCUT2D eigenvalue weighted by Gasteiger charge is 2.20. The molecule has 0 aromatic rings. The first-order valence-corrected chi connectivity index (χ1v) is 7.65. The number of nitrogens with one attached hydrogen (secondary N) is 3. The lowest BCUT2D eigenvalue weighted by Gasteiger charge is -2.22. The second kappa shape index (κ2) is 8.25. The van der Waals surface area contributed by atoms with Gasteiger partial charge in [0, 0.05) is 24.9 Å². The Bertz CT molecular complexity index is 318. The van der Waals surface area contributed by atoms with E-state index in [-0.39, 0.29) is 17.2 Å². The number of rotatable bonds is 6. The molecule has 0 spiro atoms. The third kappa shape index (κ3) is 6.89. The van der Waals surface area contributed by atoms with Crippen LogP contribution >= 0.6 is 0 Å². The minimum Gasteiger partial charge on any atom is -0.354 e. The lowest BCUT2D eigenvalue weighted by atomic mass is 9.93. The Morgan fingerprint density at radius 1 is 1.10 bits per heavy atom. The van der Waals surface area contributed by atoms with E-state index < -0.39 is 0 Å². The minimum atomic E-state index is -0.376. The number of amides is 2. The third-order valence-electron chi connectivity index (χ3n) is 3.65. The predicted octanol–water partition coefficient (Wildman–Crippen LogP) is 1.04. The molecule has 0 aromatic carbocycles. The summed E-state index contributed by atoms with van der Waals surface area (Å²) in [6.07, 6.45) is 3.92. The van der Waals surface area contributed by atoms with Crippen molar-refractivity contribution in [3.05, 3.63) is 0 Å². The molecule has 0 bridgehead atoms. The maximum atomic E-state index is 11.7. The van der Waals surface area contributed by atoms with Gasteiger partial charge in [-0.25, -0.2) is 0 Å². The standard InChI is InChI=1S/C15H29N3O2/c1-15(2,3)14(20)18-11-10-17-13(19)5-4-12-6-8-16-9-7-12/h12,16H,4-11H2,1-3H3,(H,17,19)(H,18,20). The van der Waals surface area contributed by atoms with Crippen molar-refractivity contribution in [2.45, 2.75) is 46.5 Å². The molecular weight excluding hydrogens is 254 g/mol. The molecule has 0 saturated carbocycles. The first kappa shape index (κ1) is 17.0. The van der Waals surface area contributed by atoms with Crippen molar-refractivity contribution in [2.75, 3.05) is 26.2 Å². The molecule has 2 amide bonds. The van der Waals surface area contributed by atoms with Gasteiger partial charge in [0.1, 0.15) is 0 Å². The van der Waals surface area contributed by atoms with Gasteiger partial charge in [-0.15, -0.1) is 0 Å². The van der Waals surface area contributed by atoms with Crippen LogP contribution in [0.1, 0.15) is 46.5 Å². The summed E-state index contributed by atoms with van der Waals surface area (Å²) in [6.45, 7) is 8.78. The van der Waals surface area contributed by atoms with E-state index in [2.05, 4.69) is 16.0 Å². The van der Waals surface area contributed by atoms with Crippen LogP contribution in [0, 0.1) is 11.3 Å². The van der Waals surface area contributed by atoms with Gasteiger partial charge >= 0.3 is 0 Å². The molecule has 1 saturated heterocycles. The fraction of sp³-hybridized carbons (Fsp3) is 0.867. The van der Waals surface area contributed by atoms with E-state index >= 15 is 0 Å². The Morgan fingerprint density at radius 3 is 2.30 bits per heavy atom. The van der Waals surface area contributed by atoms with Crippen LogP contribution in [0.3, 0.4) is 0 Å². The molecule has 1 fully saturated rings. The van der Waals surface area contributed by atoms with Gasteiger partial charge in [-0.05, 0) is 38.3 Å². The molecule has 1 rings (SSSR count). The normalized spacial score (nSPS) is 16.8. The highest BCUT2D eigenvalue weighted by atomic mass is 16.2. The van der Waals surface area contributed by atoms with E-state index in [1.165, 1.54) is 12.8 Å². The first-order valence-electron chi connectivity index (χ1n) is 7.65. The van der Waals surface area contributed by atoms with Crippen LogP contribution in [0.5, 0.6) is 0 Å². The zero-order valence-corrected chi connectivity index (χ0v) is 13.1. The summed E-state index contributed by atoms with van der Waals surface area (Å²) in [4.78, 5) is 23.3. The van der Waals surface area contributed by atoms with Crippen molar-refractivity contribution < 1.29 is 9.59 Å². The van der Waals surface area contributed by atoms with Crippen LogP contribution < -0.4 is 16.0 Å². The molecular formula is C15H29N3O2. The van der Waals surface area contributed by atoms with E-state index in [0.717, 1.165) is 19.5 Å². The quantitative estimate of drug-likeness (QED) is 0.638. The zero-order valence-electron chi connectivity index (χ0n) is 13.1. The summed E-state index contributed by atoms with van der Waals surface area (Å²) in [7, 11) is 0. The van der Waals surface area contributed by atoms with Gasteiger partial charge in [0.05, 0.1) is 0 Å². The Kier molecular flexibility index (Phi) is 6.99. The first-order chi connectivity index (χ1) is 9.39. The van der Waals surface area contributed by atoms with Crippen LogP contribution in [0.25, 0.3) is 0 Å². The fourth-order valence-electron chi connectivity index (χ4n) is 2.24. The maximum Gasteiger partial charge on any atom is 0.225 e. The Labute approximate surface area is 122 Å². The summed E-state index contributed by atoms with van der Waals surface area (Å²) >= 11 is 0. The van der Waals surface area contributed by atoms with Crippen LogP contribution in [-0.2, 0) is 9.59 Å². The molecule has 1 aliphatic rings. The maximum absolute atomic E-state index is 11.7. The Hall–Kier alpha value is -1.10. The SMILES string of the molecule is CC(C)(C)C(=O)NCCNC(=O)CCC1CCNCC1. The minimum absolute atomic E-state index is 0.0152. The molecule has 1 aliphatic heterocycles. The lowest BCUT2D eigenvalue weighted by Crippen LogP contribution is -2.40. The summed E-state index contributed by atoms with van der Waals surface area (Å²) in [6, 6.07) is 0. The highest BCUT2D eigenvalue weighted by Crippen LogP contribution is 2.17. The van der Waals surface area contributed by atoms with E-state index in [9.17, 15) is 9.59 Å². The monoisotopic (exact) mass is 283 g/mol. The van der Waals surface area contributed by atoms with E-state index in [1.807, 2.05) is 20.8 Å². The highest BCUT2D eigenvalue weighted by molar-refractivity contribution is 5.81.